The first-order valence-electron chi connectivity index (χ1n) is 6.62. The molecular weight excluding hydrogens is 246 g/mol. The molecule has 0 aliphatic carbocycles. The maximum absolute atomic E-state index is 5.86. The van der Waals surface area contributed by atoms with Crippen molar-refractivity contribution in [2.75, 3.05) is 39.8 Å². The first-order chi connectivity index (χ1) is 8.75. The fourth-order valence-corrected chi connectivity index (χ4v) is 2.37. The third-order valence-corrected chi connectivity index (χ3v) is 3.78. The molecule has 1 heterocycles. The van der Waals surface area contributed by atoms with Crippen molar-refractivity contribution >= 4 is 11.6 Å². The Balaban J connectivity index is 1.65. The van der Waals surface area contributed by atoms with Crippen molar-refractivity contribution in [2.24, 2.45) is 0 Å². The lowest BCUT2D eigenvalue weighted by molar-refractivity contribution is 0.196. The van der Waals surface area contributed by atoms with E-state index in [1.54, 1.807) is 0 Å². The third kappa shape index (κ3) is 4.25. The van der Waals surface area contributed by atoms with Crippen LogP contribution in [0.2, 0.25) is 5.02 Å². The molecule has 1 saturated heterocycles. The van der Waals surface area contributed by atoms with Crippen LogP contribution >= 0.6 is 11.6 Å². The van der Waals surface area contributed by atoms with Crippen LogP contribution in [-0.2, 0) is 6.42 Å². The molecule has 2 rings (SSSR count). The second-order valence-corrected chi connectivity index (χ2v) is 5.36. The van der Waals surface area contributed by atoms with Gasteiger partial charge in [0.1, 0.15) is 0 Å². The molecule has 2 N–H and O–H groups in total. The molecule has 0 radical (unpaired) electrons. The first kappa shape index (κ1) is 13.8. The predicted octanol–water partition coefficient (Wildman–Crippen LogP) is 1.38. The largest absolute Gasteiger partial charge is 0.315 e. The smallest absolute Gasteiger partial charge is 0.0406 e. The summed E-state index contributed by atoms with van der Waals surface area (Å²) in [5, 5.41) is 7.77. The number of benzene rings is 1. The number of nitrogens with zero attached hydrogens (tertiary/aromatic N) is 1. The normalized spacial score (nSPS) is 21.1. The summed E-state index contributed by atoms with van der Waals surface area (Å²) in [6.07, 6.45) is 1.06. The van der Waals surface area contributed by atoms with E-state index in [0.717, 1.165) is 44.2 Å². The summed E-state index contributed by atoms with van der Waals surface area (Å²) in [7, 11) is 2.20. The van der Waals surface area contributed by atoms with Crippen LogP contribution in [0.3, 0.4) is 0 Å². The van der Waals surface area contributed by atoms with Gasteiger partial charge in [0.05, 0.1) is 0 Å². The molecule has 1 atom stereocenters. The lowest BCUT2D eigenvalue weighted by atomic mass is 10.1. The number of piperazine rings is 1. The van der Waals surface area contributed by atoms with Crippen LogP contribution in [0.5, 0.6) is 0 Å². The number of likely N-dealkylation sites (N-methyl/N-ethyl adjacent to an activating group) is 1. The number of nitrogens with one attached hydrogen (secondary N) is 2. The van der Waals surface area contributed by atoms with Gasteiger partial charge in [0, 0.05) is 37.2 Å². The molecule has 1 fully saturated rings. The minimum atomic E-state index is 0.615. The molecule has 1 unspecified atom stereocenters. The Bertz CT molecular complexity index is 353. The molecule has 18 heavy (non-hydrogen) atoms. The summed E-state index contributed by atoms with van der Waals surface area (Å²) < 4.78 is 0. The van der Waals surface area contributed by atoms with Gasteiger partial charge in [0.25, 0.3) is 0 Å². The van der Waals surface area contributed by atoms with E-state index in [1.165, 1.54) is 5.56 Å². The van der Waals surface area contributed by atoms with Gasteiger partial charge in [-0.2, -0.15) is 0 Å². The molecule has 0 aromatic heterocycles. The average molecular weight is 268 g/mol. The second kappa shape index (κ2) is 7.10. The third-order valence-electron chi connectivity index (χ3n) is 3.53. The van der Waals surface area contributed by atoms with E-state index in [2.05, 4.69) is 34.7 Å². The van der Waals surface area contributed by atoms with E-state index in [1.807, 2.05) is 12.1 Å². The highest BCUT2D eigenvalue weighted by molar-refractivity contribution is 6.30. The minimum Gasteiger partial charge on any atom is -0.315 e. The minimum absolute atomic E-state index is 0.615. The lowest BCUT2D eigenvalue weighted by Crippen LogP contribution is -2.53. The molecular formula is C14H22ClN3. The van der Waals surface area contributed by atoms with Gasteiger partial charge in [-0.25, -0.2) is 0 Å². The van der Waals surface area contributed by atoms with Gasteiger partial charge in [-0.05, 0) is 37.7 Å². The standard InChI is InChI=1S/C14H22ClN3/c1-18-9-8-17-11-14(18)10-16-7-6-12-2-4-13(15)5-3-12/h2-5,14,16-17H,6-11H2,1H3. The fourth-order valence-electron chi connectivity index (χ4n) is 2.24. The molecule has 1 aromatic carbocycles. The molecule has 1 aliphatic rings. The molecule has 1 aliphatic heterocycles. The van der Waals surface area contributed by atoms with Crippen molar-refractivity contribution in [3.8, 4) is 0 Å². The molecule has 0 bridgehead atoms. The number of halogens is 1. The Labute approximate surface area is 115 Å². The van der Waals surface area contributed by atoms with Crippen LogP contribution in [0, 0.1) is 0 Å². The van der Waals surface area contributed by atoms with Crippen LogP contribution in [0.4, 0.5) is 0 Å². The summed E-state index contributed by atoms with van der Waals surface area (Å²) in [4.78, 5) is 2.42. The molecule has 4 heteroatoms. The zero-order valence-electron chi connectivity index (χ0n) is 11.0. The summed E-state index contributed by atoms with van der Waals surface area (Å²) >= 11 is 5.86. The maximum atomic E-state index is 5.86. The molecule has 1 aromatic rings. The van der Waals surface area contributed by atoms with Crippen molar-refractivity contribution in [1.82, 2.24) is 15.5 Å². The van der Waals surface area contributed by atoms with Crippen molar-refractivity contribution < 1.29 is 0 Å². The zero-order valence-corrected chi connectivity index (χ0v) is 11.7. The van der Waals surface area contributed by atoms with Crippen LogP contribution in [-0.4, -0.2) is 50.7 Å². The van der Waals surface area contributed by atoms with E-state index in [4.69, 9.17) is 11.6 Å². The van der Waals surface area contributed by atoms with Gasteiger partial charge in [-0.15, -0.1) is 0 Å². The average Bonchev–Trinajstić information content (AvgIpc) is 2.39. The van der Waals surface area contributed by atoms with Crippen LogP contribution in [0.1, 0.15) is 5.56 Å². The molecule has 3 nitrogen and oxygen atoms in total. The van der Waals surface area contributed by atoms with Gasteiger partial charge in [-0.3, -0.25) is 4.90 Å². The van der Waals surface area contributed by atoms with Gasteiger partial charge in [-0.1, -0.05) is 23.7 Å². The van der Waals surface area contributed by atoms with Crippen molar-refractivity contribution in [3.05, 3.63) is 34.9 Å². The quantitative estimate of drug-likeness (QED) is 0.790. The Kier molecular flexibility index (Phi) is 5.45. The highest BCUT2D eigenvalue weighted by Gasteiger charge is 2.17. The lowest BCUT2D eigenvalue weighted by Gasteiger charge is -2.33. The van der Waals surface area contributed by atoms with Crippen molar-refractivity contribution in [1.29, 1.82) is 0 Å². The van der Waals surface area contributed by atoms with Gasteiger partial charge in [0.2, 0.25) is 0 Å². The number of hydrogen-bond acceptors (Lipinski definition) is 3. The van der Waals surface area contributed by atoms with E-state index >= 15 is 0 Å². The summed E-state index contributed by atoms with van der Waals surface area (Å²) in [5.41, 5.74) is 1.34. The van der Waals surface area contributed by atoms with Gasteiger partial charge < -0.3 is 10.6 Å². The summed E-state index contributed by atoms with van der Waals surface area (Å²) in [6, 6.07) is 8.71. The van der Waals surface area contributed by atoms with E-state index < -0.39 is 0 Å². The molecule has 0 spiro atoms. The topological polar surface area (TPSA) is 27.3 Å². The summed E-state index contributed by atoms with van der Waals surface area (Å²) in [5.74, 6) is 0. The van der Waals surface area contributed by atoms with E-state index in [-0.39, 0.29) is 0 Å². The van der Waals surface area contributed by atoms with E-state index in [9.17, 15) is 0 Å². The predicted molar refractivity (Wildman–Crippen MR) is 77.3 cm³/mol. The van der Waals surface area contributed by atoms with Gasteiger partial charge >= 0.3 is 0 Å². The zero-order chi connectivity index (χ0) is 12.8. The van der Waals surface area contributed by atoms with Crippen LogP contribution in [0.25, 0.3) is 0 Å². The molecule has 100 valence electrons. The Hall–Kier alpha value is -0.610. The summed E-state index contributed by atoms with van der Waals surface area (Å²) in [6.45, 7) is 5.41. The monoisotopic (exact) mass is 267 g/mol. The van der Waals surface area contributed by atoms with Crippen LogP contribution < -0.4 is 10.6 Å². The fraction of sp³-hybridized carbons (Fsp3) is 0.571. The number of hydrogen-bond donors (Lipinski definition) is 2. The maximum Gasteiger partial charge on any atom is 0.0406 e. The number of rotatable bonds is 5. The SMILES string of the molecule is CN1CCNCC1CNCCc1ccc(Cl)cc1. The highest BCUT2D eigenvalue weighted by Crippen LogP contribution is 2.09. The molecule has 0 amide bonds. The van der Waals surface area contributed by atoms with Crippen molar-refractivity contribution in [2.45, 2.75) is 12.5 Å². The Morgan fingerprint density at radius 3 is 2.89 bits per heavy atom. The second-order valence-electron chi connectivity index (χ2n) is 4.92. The first-order valence-corrected chi connectivity index (χ1v) is 6.99. The Morgan fingerprint density at radius 1 is 1.39 bits per heavy atom. The van der Waals surface area contributed by atoms with Crippen LogP contribution in [0.15, 0.2) is 24.3 Å². The highest BCUT2D eigenvalue weighted by atomic mass is 35.5. The Morgan fingerprint density at radius 2 is 2.17 bits per heavy atom. The van der Waals surface area contributed by atoms with Gasteiger partial charge in [0.15, 0.2) is 0 Å². The van der Waals surface area contributed by atoms with Crippen molar-refractivity contribution in [3.63, 3.8) is 0 Å². The molecule has 0 saturated carbocycles. The van der Waals surface area contributed by atoms with E-state index in [0.29, 0.717) is 6.04 Å².